The van der Waals surface area contributed by atoms with Gasteiger partial charge in [0, 0.05) is 93.6 Å². The van der Waals surface area contributed by atoms with Crippen LogP contribution in [0.3, 0.4) is 0 Å². The lowest BCUT2D eigenvalue weighted by atomic mass is 9.59. The van der Waals surface area contributed by atoms with E-state index >= 15 is 4.39 Å². The number of hydrogen-bond acceptors (Lipinski definition) is 14. The molecule has 0 radical (unpaired) electrons. The molecule has 6 aromatic rings. The summed E-state index contributed by atoms with van der Waals surface area (Å²) in [7, 11) is -3.14. The molecule has 1 spiro atoms. The molecule has 4 N–H and O–H groups in total. The van der Waals surface area contributed by atoms with E-state index in [2.05, 4.69) is 80.1 Å². The number of nitro groups is 1. The molecular formula is C59H69FN8O9S. The number of methoxy groups -OCH3 is 1. The Morgan fingerprint density at radius 3 is 2.49 bits per heavy atom. The Bertz CT molecular complexity index is 3330. The van der Waals surface area contributed by atoms with E-state index in [4.69, 9.17) is 14.2 Å². The lowest BCUT2D eigenvalue weighted by Crippen LogP contribution is -2.60. The molecule has 0 bridgehead atoms. The van der Waals surface area contributed by atoms with Gasteiger partial charge in [0.05, 0.1) is 41.7 Å². The van der Waals surface area contributed by atoms with E-state index in [1.165, 1.54) is 29.0 Å². The molecule has 2 aromatic heterocycles. The summed E-state index contributed by atoms with van der Waals surface area (Å²) in [4.78, 5) is 40.5. The first-order valence-corrected chi connectivity index (χ1v) is 28.8. The predicted molar refractivity (Wildman–Crippen MR) is 296 cm³/mol. The Hall–Kier alpha value is -6.80. The van der Waals surface area contributed by atoms with Gasteiger partial charge in [0.2, 0.25) is 0 Å². The Morgan fingerprint density at radius 2 is 1.76 bits per heavy atom. The number of anilines is 2. The van der Waals surface area contributed by atoms with Crippen molar-refractivity contribution < 1.29 is 41.8 Å². The number of nitrogens with one attached hydrogen (secondary N) is 3. The minimum Gasteiger partial charge on any atom is -0.497 e. The van der Waals surface area contributed by atoms with Gasteiger partial charge in [-0.3, -0.25) is 24.7 Å². The van der Waals surface area contributed by atoms with E-state index in [1.807, 2.05) is 17.0 Å². The van der Waals surface area contributed by atoms with Gasteiger partial charge in [-0.1, -0.05) is 50.2 Å². The molecule has 2 aliphatic carbocycles. The normalized spacial score (nSPS) is 21.8. The third-order valence-corrected chi connectivity index (χ3v) is 18.7. The minimum atomic E-state index is -4.83. The number of halogens is 1. The smallest absolute Gasteiger partial charge is 0.297 e. The minimum absolute atomic E-state index is 0.0313. The maximum absolute atomic E-state index is 16.8. The Labute approximate surface area is 454 Å². The molecule has 4 aromatic carbocycles. The summed E-state index contributed by atoms with van der Waals surface area (Å²) in [6.45, 7) is 11.6. The number of rotatable bonds is 16. The van der Waals surface area contributed by atoms with Gasteiger partial charge in [-0.15, -0.1) is 0 Å². The standard InChI is InChI=1S/C59H69FN8O9S/c1-37(2)44-7-5-6-8-45(44)51-36-65(35-39-9-11-42(75-4)12-10-39)24-25-67(51)41-31-59(32-41)19-22-66(23-20-59)49-29-52(77-43-27-40-15-21-61-56(40)63-34-43)47(28-48(49)60)57(69)64-78(73,74)53-30-50(68(71)72)54(55-46(53)16-26-76-55)62-33-38-13-17-58(3,70)18-14-38/h5-12,15,21,27-30,34,37-38,41,51,62,70H,13-14,16-20,22-26,31-33,35-36H2,1-4H3,(H,61,63)(H,64,69)/t38-,51-,58-/m0/s1. The zero-order chi connectivity index (χ0) is 54.5. The molecule has 11 rings (SSSR count). The lowest BCUT2D eigenvalue weighted by Gasteiger charge is -2.58. The van der Waals surface area contributed by atoms with Crippen molar-refractivity contribution in [3.05, 3.63) is 135 Å². The summed E-state index contributed by atoms with van der Waals surface area (Å²) < 4.78 is 65.2. The van der Waals surface area contributed by atoms with Gasteiger partial charge >= 0.3 is 0 Å². The van der Waals surface area contributed by atoms with Crippen molar-refractivity contribution in [3.63, 3.8) is 0 Å². The highest BCUT2D eigenvalue weighted by molar-refractivity contribution is 7.90. The van der Waals surface area contributed by atoms with E-state index < -0.39 is 48.4 Å². The highest BCUT2D eigenvalue weighted by Crippen LogP contribution is 2.54. The average molecular weight is 1090 g/mol. The summed E-state index contributed by atoms with van der Waals surface area (Å²) >= 11 is 0. The lowest BCUT2D eigenvalue weighted by molar-refractivity contribution is -0.384. The molecule has 17 nitrogen and oxygen atoms in total. The Balaban J connectivity index is 0.814. The molecule has 19 heteroatoms. The maximum Gasteiger partial charge on any atom is 0.297 e. The monoisotopic (exact) mass is 1080 g/mol. The fourth-order valence-electron chi connectivity index (χ4n) is 12.8. The zero-order valence-electron chi connectivity index (χ0n) is 44.7. The topological polar surface area (TPSA) is 205 Å². The van der Waals surface area contributed by atoms with Gasteiger partial charge in [-0.05, 0) is 123 Å². The molecule has 2 saturated carbocycles. The van der Waals surface area contributed by atoms with Crippen molar-refractivity contribution in [3.8, 4) is 23.0 Å². The molecule has 3 aliphatic heterocycles. The quantitative estimate of drug-likeness (QED) is 0.0526. The van der Waals surface area contributed by atoms with Gasteiger partial charge in [0.15, 0.2) is 11.4 Å². The first-order chi connectivity index (χ1) is 37.4. The summed E-state index contributed by atoms with van der Waals surface area (Å²) in [5.74, 6) is -0.396. The number of aliphatic hydroxyl groups is 1. The van der Waals surface area contributed by atoms with Gasteiger partial charge in [0.25, 0.3) is 21.6 Å². The largest absolute Gasteiger partial charge is 0.497 e. The number of carbonyl (C=O) groups is 1. The summed E-state index contributed by atoms with van der Waals surface area (Å²) in [6, 6.07) is 24.8. The van der Waals surface area contributed by atoms with Crippen molar-refractivity contribution in [1.29, 1.82) is 0 Å². The molecule has 1 amide bonds. The number of aromatic nitrogens is 2. The van der Waals surface area contributed by atoms with Crippen LogP contribution in [0.2, 0.25) is 0 Å². The second-order valence-corrected chi connectivity index (χ2v) is 24.5. The van der Waals surface area contributed by atoms with E-state index in [0.717, 1.165) is 75.1 Å². The number of pyridine rings is 1. The molecule has 5 aliphatic rings. The average Bonchev–Trinajstić information content (AvgIpc) is 4.26. The number of fused-ring (bicyclic) bond motifs is 2. The molecule has 4 fully saturated rings. The number of hydrogen-bond donors (Lipinski definition) is 4. The van der Waals surface area contributed by atoms with Gasteiger partial charge in [-0.25, -0.2) is 22.5 Å². The van der Waals surface area contributed by atoms with Crippen molar-refractivity contribution >= 4 is 44.0 Å². The van der Waals surface area contributed by atoms with E-state index in [9.17, 15) is 28.4 Å². The zero-order valence-corrected chi connectivity index (χ0v) is 45.5. The van der Waals surface area contributed by atoms with Crippen LogP contribution < -0.4 is 29.1 Å². The number of amides is 1. The number of benzene rings is 4. The number of aromatic amines is 1. The summed E-state index contributed by atoms with van der Waals surface area (Å²) in [5, 5.41) is 26.9. The van der Waals surface area contributed by atoms with Crippen LogP contribution in [-0.4, -0.2) is 109 Å². The van der Waals surface area contributed by atoms with Crippen LogP contribution in [0.25, 0.3) is 11.0 Å². The van der Waals surface area contributed by atoms with Crippen LogP contribution in [0.1, 0.15) is 117 Å². The van der Waals surface area contributed by atoms with Crippen LogP contribution in [0, 0.1) is 27.3 Å². The predicted octanol–water partition coefficient (Wildman–Crippen LogP) is 10.2. The first kappa shape index (κ1) is 53.2. The number of piperidine rings is 1. The third kappa shape index (κ3) is 10.9. The SMILES string of the molecule is COc1ccc(CN2CCN(C3CC4(CCN(c5cc(Oc6cnc7[nH]ccc7c6)c(C(=O)NS(=O)(=O)c6cc([N+](=O)[O-])c(NC[C@H]7CC[C@](C)(O)CC7)c7c6CCO7)cc5F)CC4)C3)[C@H](c3ccccc3C(C)C)C2)cc1. The summed E-state index contributed by atoms with van der Waals surface area (Å²) in [5.41, 5.74) is 3.50. The van der Waals surface area contributed by atoms with E-state index in [1.54, 1.807) is 32.4 Å². The van der Waals surface area contributed by atoms with E-state index in [0.29, 0.717) is 62.9 Å². The van der Waals surface area contributed by atoms with Crippen molar-refractivity contribution in [2.45, 2.75) is 114 Å². The van der Waals surface area contributed by atoms with Gasteiger partial charge < -0.3 is 34.5 Å². The second kappa shape index (κ2) is 21.4. The molecule has 5 heterocycles. The molecule has 2 saturated heterocycles. The number of H-pyrrole nitrogens is 1. The van der Waals surface area contributed by atoms with Crippen LogP contribution in [0.15, 0.2) is 96.2 Å². The van der Waals surface area contributed by atoms with Crippen LogP contribution in [-0.2, 0) is 23.0 Å². The number of nitrogens with zero attached hydrogens (tertiary/aromatic N) is 5. The van der Waals surface area contributed by atoms with Crippen molar-refractivity contribution in [2.75, 3.05) is 63.2 Å². The highest BCUT2D eigenvalue weighted by atomic mass is 32.2. The summed E-state index contributed by atoms with van der Waals surface area (Å²) in [6.07, 6.45) is 9.67. The second-order valence-electron chi connectivity index (χ2n) is 22.8. The molecule has 78 heavy (non-hydrogen) atoms. The number of sulfonamides is 1. The number of nitro benzene ring substituents is 1. The number of carbonyl (C=O) groups excluding carboxylic acids is 1. The van der Waals surface area contributed by atoms with Gasteiger partial charge in [-0.2, -0.15) is 0 Å². The fourth-order valence-corrected chi connectivity index (χ4v) is 14.1. The number of ether oxygens (including phenoxy) is 3. The molecule has 0 unspecified atom stereocenters. The van der Waals surface area contributed by atoms with Gasteiger partial charge in [0.1, 0.15) is 33.6 Å². The van der Waals surface area contributed by atoms with Crippen LogP contribution in [0.4, 0.5) is 21.5 Å². The Kier molecular flexibility index (Phi) is 14.6. The molecule has 1 atom stereocenters. The fraction of sp³-hybridized carbons (Fsp3) is 0.458. The van der Waals surface area contributed by atoms with Crippen molar-refractivity contribution in [2.24, 2.45) is 11.3 Å². The molecule has 412 valence electrons. The van der Waals surface area contributed by atoms with E-state index in [-0.39, 0.29) is 64.6 Å². The third-order valence-electron chi connectivity index (χ3n) is 17.3. The molecular weight excluding hydrogens is 1020 g/mol. The van der Waals surface area contributed by atoms with Crippen LogP contribution in [0.5, 0.6) is 23.0 Å². The van der Waals surface area contributed by atoms with Crippen LogP contribution >= 0.6 is 0 Å². The maximum atomic E-state index is 16.8. The van der Waals surface area contributed by atoms with Crippen molar-refractivity contribution in [1.82, 2.24) is 24.5 Å². The number of piperazine rings is 1. The Morgan fingerprint density at radius 1 is 1.00 bits per heavy atom. The first-order valence-electron chi connectivity index (χ1n) is 27.4. The highest BCUT2D eigenvalue weighted by Gasteiger charge is 2.50.